The smallest absolute Gasteiger partial charge is 0.312 e. The normalized spacial score (nSPS) is 19.2. The van der Waals surface area contributed by atoms with Crippen LogP contribution in [-0.4, -0.2) is 34.9 Å². The second-order valence-corrected chi connectivity index (χ2v) is 5.78. The zero-order valence-corrected chi connectivity index (χ0v) is 11.5. The molecule has 4 nitrogen and oxygen atoms in total. The topological polar surface area (TPSA) is 60.8 Å². The van der Waals surface area contributed by atoms with Crippen LogP contribution in [0, 0.1) is 5.41 Å². The van der Waals surface area contributed by atoms with E-state index in [-0.39, 0.29) is 0 Å². The molecule has 4 heteroatoms. The third-order valence-corrected chi connectivity index (χ3v) is 4.41. The Morgan fingerprint density at radius 2 is 1.74 bits per heavy atom. The van der Waals surface area contributed by atoms with Crippen LogP contribution in [0.2, 0.25) is 0 Å². The number of para-hydroxylation sites is 1. The van der Waals surface area contributed by atoms with Crippen LogP contribution in [-0.2, 0) is 4.79 Å². The molecule has 2 rings (SSSR count). The van der Waals surface area contributed by atoms with Gasteiger partial charge >= 0.3 is 5.97 Å². The first-order valence-corrected chi connectivity index (χ1v) is 6.63. The second kappa shape index (κ2) is 4.85. The maximum Gasteiger partial charge on any atom is 0.312 e. The highest BCUT2D eigenvalue weighted by molar-refractivity contribution is 5.75. The van der Waals surface area contributed by atoms with Crippen LogP contribution < -0.4 is 4.90 Å². The first-order valence-electron chi connectivity index (χ1n) is 6.63. The van der Waals surface area contributed by atoms with E-state index in [0.717, 1.165) is 5.69 Å². The van der Waals surface area contributed by atoms with Crippen molar-refractivity contribution in [3.05, 3.63) is 30.3 Å². The molecule has 0 bridgehead atoms. The summed E-state index contributed by atoms with van der Waals surface area (Å²) in [6.07, 6.45) is 0.947. The molecule has 0 atom stereocenters. The molecule has 0 radical (unpaired) electrons. The summed E-state index contributed by atoms with van der Waals surface area (Å²) in [5, 5.41) is 19.9. The molecule has 1 saturated heterocycles. The molecule has 0 aromatic heterocycles. The van der Waals surface area contributed by atoms with E-state index in [1.54, 1.807) is 13.8 Å². The molecule has 0 saturated carbocycles. The number of rotatable bonds is 3. The van der Waals surface area contributed by atoms with Gasteiger partial charge in [0.2, 0.25) is 0 Å². The molecule has 1 aromatic rings. The summed E-state index contributed by atoms with van der Waals surface area (Å²) in [6.45, 7) is 4.56. The molecule has 0 spiro atoms. The third kappa shape index (κ3) is 2.45. The van der Waals surface area contributed by atoms with E-state index in [1.165, 1.54) is 0 Å². The summed E-state index contributed by atoms with van der Waals surface area (Å²) in [5.74, 6) is -0.942. The Labute approximate surface area is 113 Å². The van der Waals surface area contributed by atoms with Crippen molar-refractivity contribution >= 4 is 11.7 Å². The average molecular weight is 263 g/mol. The number of piperidine rings is 1. The van der Waals surface area contributed by atoms with Gasteiger partial charge in [0.25, 0.3) is 0 Å². The number of carbonyl (C=O) groups is 1. The highest BCUT2D eigenvalue weighted by Gasteiger charge is 2.50. The highest BCUT2D eigenvalue weighted by Crippen LogP contribution is 2.40. The summed E-state index contributed by atoms with van der Waals surface area (Å²) in [5.41, 5.74) is -1.13. The minimum Gasteiger partial charge on any atom is -0.481 e. The zero-order chi connectivity index (χ0) is 14.1. The van der Waals surface area contributed by atoms with E-state index in [4.69, 9.17) is 0 Å². The van der Waals surface area contributed by atoms with Crippen molar-refractivity contribution in [2.75, 3.05) is 18.0 Å². The van der Waals surface area contributed by atoms with Crippen molar-refractivity contribution in [2.24, 2.45) is 5.41 Å². The van der Waals surface area contributed by atoms with Gasteiger partial charge in [-0.1, -0.05) is 18.2 Å². The number of hydrogen-bond acceptors (Lipinski definition) is 3. The van der Waals surface area contributed by atoms with Crippen LogP contribution in [0.4, 0.5) is 5.69 Å². The summed E-state index contributed by atoms with van der Waals surface area (Å²) in [6, 6.07) is 10.0. The lowest BCUT2D eigenvalue weighted by Crippen LogP contribution is -2.56. The van der Waals surface area contributed by atoms with Gasteiger partial charge < -0.3 is 15.1 Å². The number of hydrogen-bond donors (Lipinski definition) is 2. The molecule has 0 aliphatic carbocycles. The molecule has 0 unspecified atom stereocenters. The fraction of sp³-hybridized carbons (Fsp3) is 0.533. The first kappa shape index (κ1) is 13.9. The Morgan fingerprint density at radius 1 is 1.21 bits per heavy atom. The minimum absolute atomic E-state index is 0.473. The number of carboxylic acids is 1. The molecule has 1 aliphatic rings. The maximum atomic E-state index is 11.3. The van der Waals surface area contributed by atoms with E-state index in [9.17, 15) is 15.0 Å². The average Bonchev–Trinajstić information content (AvgIpc) is 2.40. The van der Waals surface area contributed by atoms with Crippen LogP contribution in [0.5, 0.6) is 0 Å². The molecule has 1 aromatic carbocycles. The second-order valence-electron chi connectivity index (χ2n) is 5.78. The van der Waals surface area contributed by atoms with E-state index in [2.05, 4.69) is 4.90 Å². The van der Waals surface area contributed by atoms with Gasteiger partial charge in [0.1, 0.15) is 0 Å². The first-order chi connectivity index (χ1) is 8.87. The predicted molar refractivity (Wildman–Crippen MR) is 74.3 cm³/mol. The fourth-order valence-corrected chi connectivity index (χ4v) is 2.60. The number of carboxylic acid groups (broad SMARTS) is 1. The fourth-order valence-electron chi connectivity index (χ4n) is 2.60. The molecule has 0 amide bonds. The maximum absolute atomic E-state index is 11.3. The molecule has 1 heterocycles. The van der Waals surface area contributed by atoms with Gasteiger partial charge in [0, 0.05) is 18.8 Å². The Bertz CT molecular complexity index is 448. The Balaban J connectivity index is 2.09. The van der Waals surface area contributed by atoms with Crippen LogP contribution >= 0.6 is 0 Å². The van der Waals surface area contributed by atoms with E-state index in [0.29, 0.717) is 25.9 Å². The molecule has 1 aliphatic heterocycles. The standard InChI is InChI=1S/C15H21NO3/c1-14(2,13(17)18)15(19)8-10-16(11-9-15)12-6-4-3-5-7-12/h3-7,19H,8-11H2,1-2H3,(H,17,18). The molecule has 19 heavy (non-hydrogen) atoms. The summed E-state index contributed by atoms with van der Waals surface area (Å²) in [4.78, 5) is 13.5. The number of aliphatic hydroxyl groups is 1. The van der Waals surface area contributed by atoms with Gasteiger partial charge in [0.05, 0.1) is 11.0 Å². The Morgan fingerprint density at radius 3 is 2.21 bits per heavy atom. The van der Waals surface area contributed by atoms with Gasteiger partial charge in [0.15, 0.2) is 0 Å². The summed E-state index contributed by atoms with van der Waals surface area (Å²) in [7, 11) is 0. The number of nitrogens with zero attached hydrogens (tertiary/aromatic N) is 1. The lowest BCUT2D eigenvalue weighted by molar-refractivity contribution is -0.167. The van der Waals surface area contributed by atoms with Gasteiger partial charge in [-0.15, -0.1) is 0 Å². The lowest BCUT2D eigenvalue weighted by Gasteiger charge is -2.46. The quantitative estimate of drug-likeness (QED) is 0.877. The van der Waals surface area contributed by atoms with Crippen molar-refractivity contribution in [3.63, 3.8) is 0 Å². The molecule has 2 N–H and O–H groups in total. The van der Waals surface area contributed by atoms with E-state index >= 15 is 0 Å². The monoisotopic (exact) mass is 263 g/mol. The van der Waals surface area contributed by atoms with Gasteiger partial charge in [-0.2, -0.15) is 0 Å². The third-order valence-electron chi connectivity index (χ3n) is 4.41. The lowest BCUT2D eigenvalue weighted by atomic mass is 9.69. The van der Waals surface area contributed by atoms with Crippen molar-refractivity contribution in [2.45, 2.75) is 32.3 Å². The van der Waals surface area contributed by atoms with Crippen molar-refractivity contribution in [1.82, 2.24) is 0 Å². The van der Waals surface area contributed by atoms with Crippen molar-refractivity contribution < 1.29 is 15.0 Å². The molecule has 104 valence electrons. The van der Waals surface area contributed by atoms with Crippen molar-refractivity contribution in [3.8, 4) is 0 Å². The Kier molecular flexibility index (Phi) is 3.54. The number of anilines is 1. The Hall–Kier alpha value is -1.55. The number of benzene rings is 1. The minimum atomic E-state index is -1.13. The van der Waals surface area contributed by atoms with E-state index < -0.39 is 17.0 Å². The summed E-state index contributed by atoms with van der Waals surface area (Å²) >= 11 is 0. The van der Waals surface area contributed by atoms with Gasteiger partial charge in [-0.25, -0.2) is 0 Å². The van der Waals surface area contributed by atoms with Crippen molar-refractivity contribution in [1.29, 1.82) is 0 Å². The zero-order valence-electron chi connectivity index (χ0n) is 11.5. The van der Waals surface area contributed by atoms with Crippen LogP contribution in [0.3, 0.4) is 0 Å². The predicted octanol–water partition coefficient (Wildman–Crippen LogP) is 2.13. The highest BCUT2D eigenvalue weighted by atomic mass is 16.4. The van der Waals surface area contributed by atoms with Gasteiger partial charge in [-0.3, -0.25) is 4.79 Å². The molecule has 1 fully saturated rings. The van der Waals surface area contributed by atoms with Crippen LogP contribution in [0.25, 0.3) is 0 Å². The largest absolute Gasteiger partial charge is 0.481 e. The van der Waals surface area contributed by atoms with Gasteiger partial charge in [-0.05, 0) is 38.8 Å². The number of aliphatic carboxylic acids is 1. The molecular formula is C15H21NO3. The van der Waals surface area contributed by atoms with Crippen LogP contribution in [0.1, 0.15) is 26.7 Å². The SMILES string of the molecule is CC(C)(C(=O)O)C1(O)CCN(c2ccccc2)CC1. The molecular weight excluding hydrogens is 242 g/mol. The van der Waals surface area contributed by atoms with Crippen LogP contribution in [0.15, 0.2) is 30.3 Å². The van der Waals surface area contributed by atoms with E-state index in [1.807, 2.05) is 30.3 Å². The summed E-state index contributed by atoms with van der Waals surface area (Å²) < 4.78 is 0.